The Labute approximate surface area is 118 Å². The summed E-state index contributed by atoms with van der Waals surface area (Å²) in [4.78, 5) is 5.16. The van der Waals surface area contributed by atoms with Gasteiger partial charge in [0, 0.05) is 45.4 Å². The van der Waals surface area contributed by atoms with Gasteiger partial charge in [-0.3, -0.25) is 4.90 Å². The van der Waals surface area contributed by atoms with E-state index in [2.05, 4.69) is 29.0 Å². The summed E-state index contributed by atoms with van der Waals surface area (Å²) in [6.45, 7) is 13.9. The van der Waals surface area contributed by atoms with Crippen LogP contribution in [0.2, 0.25) is 0 Å². The molecule has 2 heterocycles. The molecule has 112 valence electrons. The lowest BCUT2D eigenvalue weighted by atomic mass is 10.1. The number of nitrogens with one attached hydrogen (secondary N) is 1. The predicted molar refractivity (Wildman–Crippen MR) is 79.6 cm³/mol. The Kier molecular flexibility index (Phi) is 6.57. The normalized spacial score (nSPS) is 24.2. The maximum absolute atomic E-state index is 5.96. The highest BCUT2D eigenvalue weighted by atomic mass is 16.5. The Morgan fingerprint density at radius 3 is 2.42 bits per heavy atom. The monoisotopic (exact) mass is 269 g/mol. The summed E-state index contributed by atoms with van der Waals surface area (Å²) in [5.41, 5.74) is 0. The van der Waals surface area contributed by atoms with Gasteiger partial charge in [0.15, 0.2) is 0 Å². The average molecular weight is 269 g/mol. The maximum atomic E-state index is 5.96. The number of rotatable bonds is 6. The zero-order valence-electron chi connectivity index (χ0n) is 12.7. The van der Waals surface area contributed by atoms with E-state index >= 15 is 0 Å². The van der Waals surface area contributed by atoms with Crippen molar-refractivity contribution in [1.29, 1.82) is 0 Å². The van der Waals surface area contributed by atoms with Crippen LogP contribution in [0.15, 0.2) is 0 Å². The predicted octanol–water partition coefficient (Wildman–Crippen LogP) is 1.17. The summed E-state index contributed by atoms with van der Waals surface area (Å²) in [5, 5.41) is 3.38. The average Bonchev–Trinajstić information content (AvgIpc) is 2.45. The van der Waals surface area contributed by atoms with Gasteiger partial charge in [0.2, 0.25) is 0 Å². The van der Waals surface area contributed by atoms with Gasteiger partial charge in [-0.25, -0.2) is 0 Å². The second-order valence-electron chi connectivity index (χ2n) is 6.15. The molecule has 0 amide bonds. The van der Waals surface area contributed by atoms with E-state index in [1.54, 1.807) is 0 Å². The van der Waals surface area contributed by atoms with Crippen molar-refractivity contribution in [1.82, 2.24) is 15.1 Å². The Balaban J connectivity index is 1.49. The molecule has 0 aromatic heterocycles. The van der Waals surface area contributed by atoms with Crippen LogP contribution < -0.4 is 5.32 Å². The van der Waals surface area contributed by atoms with Crippen molar-refractivity contribution in [2.45, 2.75) is 45.3 Å². The van der Waals surface area contributed by atoms with E-state index in [4.69, 9.17) is 4.74 Å². The fourth-order valence-corrected chi connectivity index (χ4v) is 3.00. The molecule has 0 atom stereocenters. The number of nitrogens with zero attached hydrogens (tertiary/aromatic N) is 2. The summed E-state index contributed by atoms with van der Waals surface area (Å²) >= 11 is 0. The van der Waals surface area contributed by atoms with Gasteiger partial charge in [-0.1, -0.05) is 0 Å². The zero-order valence-corrected chi connectivity index (χ0v) is 12.7. The van der Waals surface area contributed by atoms with Crippen LogP contribution in [0.3, 0.4) is 0 Å². The molecule has 2 fully saturated rings. The molecule has 0 spiro atoms. The number of hydrogen-bond acceptors (Lipinski definition) is 4. The summed E-state index contributed by atoms with van der Waals surface area (Å²) in [6.07, 6.45) is 4.07. The topological polar surface area (TPSA) is 27.7 Å². The first-order valence-corrected chi connectivity index (χ1v) is 8.04. The summed E-state index contributed by atoms with van der Waals surface area (Å²) in [6, 6.07) is 0.699. The van der Waals surface area contributed by atoms with Gasteiger partial charge in [-0.15, -0.1) is 0 Å². The first kappa shape index (κ1) is 15.2. The molecule has 2 aliphatic rings. The minimum atomic E-state index is 0.513. The van der Waals surface area contributed by atoms with E-state index in [0.29, 0.717) is 12.1 Å². The molecule has 0 bridgehead atoms. The highest BCUT2D eigenvalue weighted by Crippen LogP contribution is 2.09. The molecule has 0 saturated carbocycles. The van der Waals surface area contributed by atoms with Crippen molar-refractivity contribution in [2.75, 3.05) is 52.4 Å². The van der Waals surface area contributed by atoms with Gasteiger partial charge in [0.25, 0.3) is 0 Å². The van der Waals surface area contributed by atoms with Crippen LogP contribution in [0.5, 0.6) is 0 Å². The van der Waals surface area contributed by atoms with Gasteiger partial charge < -0.3 is 15.0 Å². The van der Waals surface area contributed by atoms with Crippen molar-refractivity contribution < 1.29 is 4.74 Å². The molecule has 2 saturated heterocycles. The molecule has 2 rings (SSSR count). The first-order valence-electron chi connectivity index (χ1n) is 8.04. The third kappa shape index (κ3) is 5.38. The zero-order chi connectivity index (χ0) is 13.5. The van der Waals surface area contributed by atoms with E-state index in [0.717, 1.165) is 19.7 Å². The number of piperazine rings is 1. The lowest BCUT2D eigenvalue weighted by molar-refractivity contribution is 0.0243. The molecule has 1 N–H and O–H groups in total. The lowest BCUT2D eigenvalue weighted by Crippen LogP contribution is -2.49. The fourth-order valence-electron chi connectivity index (χ4n) is 3.00. The second kappa shape index (κ2) is 8.20. The molecule has 0 unspecified atom stereocenters. The van der Waals surface area contributed by atoms with Crippen LogP contribution in [0.25, 0.3) is 0 Å². The molecule has 19 heavy (non-hydrogen) atoms. The fraction of sp³-hybridized carbons (Fsp3) is 1.00. The third-order valence-corrected chi connectivity index (χ3v) is 4.40. The number of hydrogen-bond donors (Lipinski definition) is 1. The summed E-state index contributed by atoms with van der Waals surface area (Å²) in [7, 11) is 0. The van der Waals surface area contributed by atoms with E-state index in [9.17, 15) is 0 Å². The molecule has 0 aromatic rings. The maximum Gasteiger partial charge on any atom is 0.0599 e. The highest BCUT2D eigenvalue weighted by molar-refractivity contribution is 4.74. The van der Waals surface area contributed by atoms with Crippen molar-refractivity contribution in [3.63, 3.8) is 0 Å². The largest absolute Gasteiger partial charge is 0.378 e. The minimum absolute atomic E-state index is 0.513. The summed E-state index contributed by atoms with van der Waals surface area (Å²) < 4.78 is 5.96. The number of piperidine rings is 1. The van der Waals surface area contributed by atoms with Crippen LogP contribution in [0, 0.1) is 0 Å². The highest BCUT2D eigenvalue weighted by Gasteiger charge is 2.18. The van der Waals surface area contributed by atoms with Crippen LogP contribution in [0.1, 0.15) is 33.1 Å². The molecule has 0 aliphatic carbocycles. The lowest BCUT2D eigenvalue weighted by Gasteiger charge is -2.37. The summed E-state index contributed by atoms with van der Waals surface area (Å²) in [5.74, 6) is 0. The van der Waals surface area contributed by atoms with Gasteiger partial charge in [-0.2, -0.15) is 0 Å². The Morgan fingerprint density at radius 1 is 1.11 bits per heavy atom. The Hall–Kier alpha value is -0.160. The van der Waals surface area contributed by atoms with Crippen molar-refractivity contribution in [2.24, 2.45) is 0 Å². The third-order valence-electron chi connectivity index (χ3n) is 4.40. The van der Waals surface area contributed by atoms with Crippen molar-refractivity contribution in [3.05, 3.63) is 0 Å². The van der Waals surface area contributed by atoms with Crippen LogP contribution >= 0.6 is 0 Å². The first-order chi connectivity index (χ1) is 9.25. The van der Waals surface area contributed by atoms with E-state index in [1.165, 1.54) is 52.0 Å². The number of ether oxygens (including phenoxy) is 1. The van der Waals surface area contributed by atoms with E-state index in [-0.39, 0.29) is 0 Å². The molecule has 4 heteroatoms. The van der Waals surface area contributed by atoms with Crippen molar-refractivity contribution >= 4 is 0 Å². The Bertz CT molecular complexity index is 234. The molecular weight excluding hydrogens is 238 g/mol. The van der Waals surface area contributed by atoms with Crippen LogP contribution in [-0.2, 0) is 4.74 Å². The Morgan fingerprint density at radius 2 is 1.79 bits per heavy atom. The molecular formula is C15H31N3O. The standard InChI is InChI=1S/C15H31N3O/c1-14(2)18-11-9-17(10-12-18)8-3-13-19-15-4-6-16-7-5-15/h14-16H,3-13H2,1-2H3. The smallest absolute Gasteiger partial charge is 0.0599 e. The SMILES string of the molecule is CC(C)N1CCN(CCCOC2CCNCC2)CC1. The van der Waals surface area contributed by atoms with E-state index in [1.807, 2.05) is 0 Å². The van der Waals surface area contributed by atoms with Crippen LogP contribution in [0.4, 0.5) is 0 Å². The minimum Gasteiger partial charge on any atom is -0.378 e. The molecule has 2 aliphatic heterocycles. The quantitative estimate of drug-likeness (QED) is 0.733. The van der Waals surface area contributed by atoms with Gasteiger partial charge in [-0.05, 0) is 46.2 Å². The van der Waals surface area contributed by atoms with Gasteiger partial charge in [0.05, 0.1) is 6.10 Å². The van der Waals surface area contributed by atoms with Crippen LogP contribution in [-0.4, -0.2) is 74.4 Å². The van der Waals surface area contributed by atoms with Crippen molar-refractivity contribution in [3.8, 4) is 0 Å². The van der Waals surface area contributed by atoms with Gasteiger partial charge in [0.1, 0.15) is 0 Å². The molecule has 0 radical (unpaired) electrons. The van der Waals surface area contributed by atoms with Gasteiger partial charge >= 0.3 is 0 Å². The second-order valence-corrected chi connectivity index (χ2v) is 6.15. The molecule has 0 aromatic carbocycles. The van der Waals surface area contributed by atoms with E-state index < -0.39 is 0 Å². The molecule has 4 nitrogen and oxygen atoms in total.